The first-order valence-electron chi connectivity index (χ1n) is 24.7. The van der Waals surface area contributed by atoms with Crippen LogP contribution in [0.25, 0.3) is 0 Å². The van der Waals surface area contributed by atoms with Crippen LogP contribution in [0.5, 0.6) is 0 Å². The molecule has 1 N–H and O–H groups in total. The fourth-order valence-electron chi connectivity index (χ4n) is 7.62. The Morgan fingerprint density at radius 3 is 1.44 bits per heavy atom. The van der Waals surface area contributed by atoms with Gasteiger partial charge in [0.25, 0.3) is 0 Å². The van der Waals surface area contributed by atoms with Gasteiger partial charge < -0.3 is 24.4 Å². The van der Waals surface area contributed by atoms with Gasteiger partial charge in [0, 0.05) is 26.5 Å². The lowest BCUT2D eigenvalue weighted by Gasteiger charge is -2.22. The number of hydrogen-bond donors (Lipinski definition) is 1. The summed E-state index contributed by atoms with van der Waals surface area (Å²) in [7, 11) is 1.54. The van der Waals surface area contributed by atoms with Crippen molar-refractivity contribution >= 4 is 17.8 Å². The molecule has 0 aliphatic rings. The van der Waals surface area contributed by atoms with Crippen molar-refractivity contribution in [3.8, 4) is 0 Å². The highest BCUT2D eigenvalue weighted by molar-refractivity contribution is 5.77. The standard InChI is InChI=1S/C49H96N2O6/c1-6-9-12-15-20-27-35-46(36-28-21-16-13-10-7-2)57-49(54)38-30-23-18-25-32-41-51(42-33-39-50-47(52)44-55-5)40-31-24-17-22-29-37-48(53)56-43-45(4)34-26-19-14-11-8-3/h45-46H,6-44H2,1-5H3,(H,50,52). The summed E-state index contributed by atoms with van der Waals surface area (Å²) >= 11 is 0. The van der Waals surface area contributed by atoms with Gasteiger partial charge in [0.2, 0.25) is 5.91 Å². The first-order chi connectivity index (χ1) is 27.9. The van der Waals surface area contributed by atoms with Gasteiger partial charge in [0.1, 0.15) is 12.7 Å². The van der Waals surface area contributed by atoms with Gasteiger partial charge in [0.05, 0.1) is 6.61 Å². The fraction of sp³-hybridized carbons (Fsp3) is 0.939. The quantitative estimate of drug-likeness (QED) is 0.0483. The van der Waals surface area contributed by atoms with Crippen LogP contribution in [0.4, 0.5) is 0 Å². The van der Waals surface area contributed by atoms with Crippen LogP contribution in [-0.2, 0) is 28.6 Å². The Kier molecular flexibility index (Phi) is 42.6. The Morgan fingerprint density at radius 2 is 0.930 bits per heavy atom. The molecule has 0 bridgehead atoms. The summed E-state index contributed by atoms with van der Waals surface area (Å²) in [4.78, 5) is 39.4. The van der Waals surface area contributed by atoms with E-state index in [1.54, 1.807) is 7.11 Å². The number of rotatable bonds is 45. The van der Waals surface area contributed by atoms with E-state index >= 15 is 0 Å². The van der Waals surface area contributed by atoms with E-state index in [-0.39, 0.29) is 30.6 Å². The second-order valence-corrected chi connectivity index (χ2v) is 17.2. The molecule has 0 aromatic heterocycles. The van der Waals surface area contributed by atoms with E-state index in [0.717, 1.165) is 96.7 Å². The Morgan fingerprint density at radius 1 is 0.509 bits per heavy atom. The van der Waals surface area contributed by atoms with E-state index in [0.29, 0.717) is 31.9 Å². The van der Waals surface area contributed by atoms with E-state index in [9.17, 15) is 14.4 Å². The van der Waals surface area contributed by atoms with Gasteiger partial charge in [-0.25, -0.2) is 0 Å². The van der Waals surface area contributed by atoms with Gasteiger partial charge in [-0.1, -0.05) is 163 Å². The molecule has 1 unspecified atom stereocenters. The normalized spacial score (nSPS) is 12.1. The van der Waals surface area contributed by atoms with Crippen LogP contribution in [0, 0.1) is 5.92 Å². The maximum atomic E-state index is 12.8. The molecule has 0 aliphatic heterocycles. The number of carbonyl (C=O) groups excluding carboxylic acids is 3. The van der Waals surface area contributed by atoms with Crippen molar-refractivity contribution in [1.29, 1.82) is 0 Å². The van der Waals surface area contributed by atoms with Crippen molar-refractivity contribution in [3.63, 3.8) is 0 Å². The second-order valence-electron chi connectivity index (χ2n) is 17.2. The summed E-state index contributed by atoms with van der Waals surface area (Å²) in [6.45, 7) is 13.4. The zero-order chi connectivity index (χ0) is 41.9. The third-order valence-corrected chi connectivity index (χ3v) is 11.3. The number of esters is 2. The maximum absolute atomic E-state index is 12.8. The molecular formula is C49H96N2O6. The molecule has 1 amide bonds. The lowest BCUT2D eigenvalue weighted by Crippen LogP contribution is -2.32. The van der Waals surface area contributed by atoms with Crippen LogP contribution in [0.3, 0.4) is 0 Å². The van der Waals surface area contributed by atoms with Crippen LogP contribution in [0.1, 0.15) is 240 Å². The monoisotopic (exact) mass is 809 g/mol. The molecule has 0 fully saturated rings. The molecule has 0 aromatic rings. The maximum Gasteiger partial charge on any atom is 0.306 e. The number of nitrogens with zero attached hydrogens (tertiary/aromatic N) is 1. The van der Waals surface area contributed by atoms with Crippen LogP contribution >= 0.6 is 0 Å². The number of nitrogens with one attached hydrogen (secondary N) is 1. The Balaban J connectivity index is 4.38. The number of ether oxygens (including phenoxy) is 3. The Bertz CT molecular complexity index is 870. The molecule has 0 aromatic carbocycles. The molecule has 8 heteroatoms. The van der Waals surface area contributed by atoms with Crippen molar-refractivity contribution < 1.29 is 28.6 Å². The highest BCUT2D eigenvalue weighted by atomic mass is 16.5. The molecule has 8 nitrogen and oxygen atoms in total. The molecule has 0 spiro atoms. The molecule has 338 valence electrons. The zero-order valence-corrected chi connectivity index (χ0v) is 38.6. The summed E-state index contributed by atoms with van der Waals surface area (Å²) in [5.41, 5.74) is 0. The van der Waals surface area contributed by atoms with Crippen LogP contribution in [0.2, 0.25) is 0 Å². The van der Waals surface area contributed by atoms with Gasteiger partial charge >= 0.3 is 11.9 Å². The molecular weight excluding hydrogens is 713 g/mol. The average molecular weight is 809 g/mol. The molecule has 0 heterocycles. The van der Waals surface area contributed by atoms with Crippen molar-refractivity contribution in [3.05, 3.63) is 0 Å². The third-order valence-electron chi connectivity index (χ3n) is 11.3. The molecule has 57 heavy (non-hydrogen) atoms. The minimum absolute atomic E-state index is 0.00843. The number of carbonyl (C=O) groups is 3. The summed E-state index contributed by atoms with van der Waals surface area (Å²) < 4.78 is 16.5. The third kappa shape index (κ3) is 40.9. The molecule has 0 aliphatic carbocycles. The van der Waals surface area contributed by atoms with Crippen LogP contribution < -0.4 is 5.32 Å². The summed E-state index contributed by atoms with van der Waals surface area (Å²) in [5.74, 6) is 0.361. The number of methoxy groups -OCH3 is 1. The van der Waals surface area contributed by atoms with Gasteiger partial charge in [-0.3, -0.25) is 14.4 Å². The van der Waals surface area contributed by atoms with Crippen LogP contribution in [-0.4, -0.2) is 75.4 Å². The highest BCUT2D eigenvalue weighted by Crippen LogP contribution is 2.19. The fourth-order valence-corrected chi connectivity index (χ4v) is 7.62. The molecule has 0 rings (SSSR count). The van der Waals surface area contributed by atoms with Crippen molar-refractivity contribution in [1.82, 2.24) is 10.2 Å². The minimum Gasteiger partial charge on any atom is -0.465 e. The SMILES string of the molecule is CCCCCCCCC(CCCCCCCC)OC(=O)CCCCCCCN(CCCCCCCC(=O)OCC(C)CCCCCCC)CCCNC(=O)COC. The molecule has 0 saturated heterocycles. The van der Waals surface area contributed by atoms with Crippen molar-refractivity contribution in [2.24, 2.45) is 5.92 Å². The first kappa shape index (κ1) is 55.3. The topological polar surface area (TPSA) is 94.2 Å². The van der Waals surface area contributed by atoms with Crippen molar-refractivity contribution in [2.75, 3.05) is 46.5 Å². The minimum atomic E-state index is -0.0599. The summed E-state index contributed by atoms with van der Waals surface area (Å²) in [6, 6.07) is 0. The lowest BCUT2D eigenvalue weighted by molar-refractivity contribution is -0.150. The molecule has 0 radical (unpaired) electrons. The molecule has 1 atom stereocenters. The predicted molar refractivity (Wildman–Crippen MR) is 241 cm³/mol. The number of unbranched alkanes of at least 4 members (excludes halogenated alkanes) is 22. The number of amides is 1. The van der Waals surface area contributed by atoms with E-state index < -0.39 is 0 Å². The smallest absolute Gasteiger partial charge is 0.306 e. The van der Waals surface area contributed by atoms with Crippen LogP contribution in [0.15, 0.2) is 0 Å². The molecule has 0 saturated carbocycles. The predicted octanol–water partition coefficient (Wildman–Crippen LogP) is 13.1. The van der Waals surface area contributed by atoms with Gasteiger partial charge in [-0.2, -0.15) is 0 Å². The first-order valence-corrected chi connectivity index (χ1v) is 24.7. The van der Waals surface area contributed by atoms with E-state index in [1.807, 2.05) is 0 Å². The summed E-state index contributed by atoms with van der Waals surface area (Å²) in [6.07, 6.45) is 37.9. The Hall–Kier alpha value is -1.67. The van der Waals surface area contributed by atoms with E-state index in [4.69, 9.17) is 14.2 Å². The van der Waals surface area contributed by atoms with Gasteiger partial charge in [0.15, 0.2) is 0 Å². The second kappa shape index (κ2) is 43.9. The lowest BCUT2D eigenvalue weighted by atomic mass is 10.0. The number of hydrogen-bond acceptors (Lipinski definition) is 7. The van der Waals surface area contributed by atoms with Gasteiger partial charge in [-0.15, -0.1) is 0 Å². The Labute approximate surface area is 353 Å². The van der Waals surface area contributed by atoms with E-state index in [1.165, 1.54) is 122 Å². The zero-order valence-electron chi connectivity index (χ0n) is 38.6. The summed E-state index contributed by atoms with van der Waals surface area (Å²) in [5, 5.41) is 2.95. The highest BCUT2D eigenvalue weighted by Gasteiger charge is 2.15. The largest absolute Gasteiger partial charge is 0.465 e. The van der Waals surface area contributed by atoms with E-state index in [2.05, 4.69) is 37.9 Å². The average Bonchev–Trinajstić information content (AvgIpc) is 3.20. The van der Waals surface area contributed by atoms with Crippen molar-refractivity contribution in [2.45, 2.75) is 246 Å². The van der Waals surface area contributed by atoms with Gasteiger partial charge in [-0.05, 0) is 89.8 Å².